The van der Waals surface area contributed by atoms with Crippen LogP contribution < -0.4 is 9.47 Å². The fraction of sp³-hybridized carbons (Fsp3) is 0.533. The third-order valence-electron chi connectivity index (χ3n) is 3.88. The van der Waals surface area contributed by atoms with Crippen LogP contribution in [0.4, 0.5) is 11.4 Å². The number of morpholine rings is 1. The molecule has 26 heavy (non-hydrogen) atoms. The molecule has 1 saturated heterocycles. The van der Waals surface area contributed by atoms with Crippen molar-refractivity contribution in [2.24, 2.45) is 0 Å². The van der Waals surface area contributed by atoms with Crippen LogP contribution in [-0.4, -0.2) is 61.3 Å². The summed E-state index contributed by atoms with van der Waals surface area (Å²) >= 11 is 0. The first-order valence-corrected chi connectivity index (χ1v) is 7.86. The van der Waals surface area contributed by atoms with E-state index in [1.807, 2.05) is 0 Å². The Morgan fingerprint density at radius 2 is 2.00 bits per heavy atom. The van der Waals surface area contributed by atoms with Gasteiger partial charge in [-0.15, -0.1) is 0 Å². The lowest BCUT2D eigenvalue weighted by molar-refractivity contribution is -0.395. The summed E-state index contributed by atoms with van der Waals surface area (Å²) < 4.78 is 15.7. The molecule has 0 spiro atoms. The van der Waals surface area contributed by atoms with Crippen molar-refractivity contribution in [3.8, 4) is 17.6 Å². The zero-order valence-corrected chi connectivity index (χ0v) is 14.2. The average Bonchev–Trinajstić information content (AvgIpc) is 2.64. The van der Waals surface area contributed by atoms with Crippen molar-refractivity contribution in [1.29, 1.82) is 5.26 Å². The van der Waals surface area contributed by atoms with Gasteiger partial charge in [0.1, 0.15) is 6.07 Å². The van der Waals surface area contributed by atoms with Gasteiger partial charge in [-0.05, 0) is 6.42 Å². The van der Waals surface area contributed by atoms with Crippen molar-refractivity contribution in [2.75, 3.05) is 46.6 Å². The van der Waals surface area contributed by atoms with Crippen LogP contribution in [0.5, 0.6) is 11.5 Å². The summed E-state index contributed by atoms with van der Waals surface area (Å²) in [5.74, 6) is -0.435. The molecule has 1 aliphatic heterocycles. The molecule has 0 amide bonds. The Balaban J connectivity index is 2.21. The van der Waals surface area contributed by atoms with Gasteiger partial charge in [0.2, 0.25) is 11.3 Å². The SMILES string of the molecule is COc1cc([N+](=O)[O-])c(C#N)c([N+](=O)[O-])c1OCCCN1CCOCC1. The summed E-state index contributed by atoms with van der Waals surface area (Å²) in [5, 5.41) is 31.6. The highest BCUT2D eigenvalue weighted by Gasteiger charge is 2.34. The molecule has 1 fully saturated rings. The van der Waals surface area contributed by atoms with Crippen molar-refractivity contribution in [2.45, 2.75) is 6.42 Å². The van der Waals surface area contributed by atoms with E-state index in [4.69, 9.17) is 19.5 Å². The van der Waals surface area contributed by atoms with Crippen molar-refractivity contribution in [3.63, 3.8) is 0 Å². The topological polar surface area (TPSA) is 141 Å². The van der Waals surface area contributed by atoms with Crippen molar-refractivity contribution < 1.29 is 24.1 Å². The Morgan fingerprint density at radius 1 is 1.31 bits per heavy atom. The van der Waals surface area contributed by atoms with Gasteiger partial charge in [0.15, 0.2) is 5.75 Å². The van der Waals surface area contributed by atoms with Crippen LogP contribution in [0.15, 0.2) is 6.07 Å². The highest BCUT2D eigenvalue weighted by molar-refractivity contribution is 5.72. The van der Waals surface area contributed by atoms with Crippen molar-refractivity contribution in [1.82, 2.24) is 4.90 Å². The molecule has 0 unspecified atom stereocenters. The minimum Gasteiger partial charge on any atom is -0.492 e. The van der Waals surface area contributed by atoms with Crippen LogP contribution in [0.3, 0.4) is 0 Å². The monoisotopic (exact) mass is 366 g/mol. The maximum atomic E-state index is 11.4. The molecular formula is C15H18N4O7. The normalized spacial score (nSPS) is 14.5. The smallest absolute Gasteiger partial charge is 0.339 e. The molecule has 1 aromatic carbocycles. The van der Waals surface area contributed by atoms with Gasteiger partial charge in [-0.3, -0.25) is 25.1 Å². The number of nitrogens with zero attached hydrogens (tertiary/aromatic N) is 4. The van der Waals surface area contributed by atoms with Crippen LogP contribution in [0.2, 0.25) is 0 Å². The minimum atomic E-state index is -0.870. The number of benzene rings is 1. The molecule has 0 saturated carbocycles. The summed E-state index contributed by atoms with van der Waals surface area (Å²) in [6, 6.07) is 2.48. The van der Waals surface area contributed by atoms with Crippen LogP contribution in [-0.2, 0) is 4.74 Å². The molecule has 11 nitrogen and oxygen atoms in total. The molecule has 2 rings (SSSR count). The van der Waals surface area contributed by atoms with E-state index in [2.05, 4.69) is 4.90 Å². The lowest BCUT2D eigenvalue weighted by atomic mass is 10.1. The molecule has 140 valence electrons. The quantitative estimate of drug-likeness (QED) is 0.380. The number of rotatable bonds is 8. The zero-order chi connectivity index (χ0) is 19.1. The van der Waals surface area contributed by atoms with Gasteiger partial charge in [-0.1, -0.05) is 0 Å². The Labute approximate surface area is 149 Å². The maximum absolute atomic E-state index is 11.4. The summed E-state index contributed by atoms with van der Waals surface area (Å²) in [6.45, 7) is 3.79. The van der Waals surface area contributed by atoms with E-state index >= 15 is 0 Å². The third-order valence-corrected chi connectivity index (χ3v) is 3.88. The number of hydrogen-bond donors (Lipinski definition) is 0. The first-order chi connectivity index (χ1) is 12.5. The van der Waals surface area contributed by atoms with Crippen LogP contribution in [0.1, 0.15) is 12.0 Å². The largest absolute Gasteiger partial charge is 0.492 e. The molecule has 1 aromatic rings. The van der Waals surface area contributed by atoms with E-state index in [0.717, 1.165) is 25.7 Å². The van der Waals surface area contributed by atoms with Gasteiger partial charge >= 0.3 is 5.69 Å². The van der Waals surface area contributed by atoms with Gasteiger partial charge < -0.3 is 14.2 Å². The molecule has 0 radical (unpaired) electrons. The molecular weight excluding hydrogens is 348 g/mol. The Kier molecular flexibility index (Phi) is 6.65. The number of nitriles is 1. The minimum absolute atomic E-state index is 0.136. The van der Waals surface area contributed by atoms with E-state index in [1.165, 1.54) is 13.2 Å². The molecule has 0 atom stereocenters. The first-order valence-electron chi connectivity index (χ1n) is 7.86. The molecule has 11 heteroatoms. The zero-order valence-electron chi connectivity index (χ0n) is 14.2. The number of methoxy groups -OCH3 is 1. The molecule has 0 N–H and O–H groups in total. The molecule has 1 heterocycles. The third kappa shape index (κ3) is 4.35. The highest BCUT2D eigenvalue weighted by atomic mass is 16.6. The lowest BCUT2D eigenvalue weighted by Crippen LogP contribution is -2.37. The van der Waals surface area contributed by atoms with Crippen LogP contribution in [0.25, 0.3) is 0 Å². The van der Waals surface area contributed by atoms with Gasteiger partial charge in [-0.25, -0.2) is 0 Å². The van der Waals surface area contributed by atoms with Crippen molar-refractivity contribution >= 4 is 11.4 Å². The standard InChI is InChI=1S/C15H18N4O7/c1-24-13-9-12(18(20)21)11(10-16)14(19(22)23)15(13)26-6-2-3-17-4-7-25-8-5-17/h9H,2-8H2,1H3. The second-order valence-corrected chi connectivity index (χ2v) is 5.43. The number of nitro benzene ring substituents is 2. The van der Waals surface area contributed by atoms with E-state index in [0.29, 0.717) is 19.6 Å². The maximum Gasteiger partial charge on any atom is 0.339 e. The molecule has 0 aliphatic carbocycles. The summed E-state index contributed by atoms with van der Waals surface area (Å²) in [4.78, 5) is 22.9. The fourth-order valence-corrected chi connectivity index (χ4v) is 2.62. The van der Waals surface area contributed by atoms with Gasteiger partial charge in [0.25, 0.3) is 5.69 Å². The second-order valence-electron chi connectivity index (χ2n) is 5.43. The molecule has 0 aromatic heterocycles. The number of nitro groups is 2. The van der Waals surface area contributed by atoms with E-state index < -0.39 is 26.8 Å². The summed E-state index contributed by atoms with van der Waals surface area (Å²) in [7, 11) is 1.22. The Bertz CT molecular complexity index is 726. The van der Waals surface area contributed by atoms with Crippen LogP contribution >= 0.6 is 0 Å². The first kappa shape index (κ1) is 19.4. The van der Waals surface area contributed by atoms with Gasteiger partial charge in [-0.2, -0.15) is 5.26 Å². The lowest BCUT2D eigenvalue weighted by Gasteiger charge is -2.26. The predicted molar refractivity (Wildman–Crippen MR) is 88.4 cm³/mol. The second kappa shape index (κ2) is 8.93. The van der Waals surface area contributed by atoms with Crippen LogP contribution in [0, 0.1) is 31.6 Å². The van der Waals surface area contributed by atoms with Gasteiger partial charge in [0, 0.05) is 19.6 Å². The number of ether oxygens (including phenoxy) is 3. The van der Waals surface area contributed by atoms with E-state index in [9.17, 15) is 20.2 Å². The Morgan fingerprint density at radius 3 is 2.54 bits per heavy atom. The predicted octanol–water partition coefficient (Wildman–Crippen LogP) is 1.48. The summed E-state index contributed by atoms with van der Waals surface area (Å²) in [6.07, 6.45) is 0.583. The highest BCUT2D eigenvalue weighted by Crippen LogP contribution is 2.44. The van der Waals surface area contributed by atoms with E-state index in [-0.39, 0.29) is 18.1 Å². The molecule has 0 bridgehead atoms. The average molecular weight is 366 g/mol. The number of hydrogen-bond acceptors (Lipinski definition) is 9. The fourth-order valence-electron chi connectivity index (χ4n) is 2.62. The van der Waals surface area contributed by atoms with Crippen molar-refractivity contribution in [3.05, 3.63) is 31.9 Å². The van der Waals surface area contributed by atoms with E-state index in [1.54, 1.807) is 0 Å². The molecule has 1 aliphatic rings. The Hall–Kier alpha value is -2.97. The van der Waals surface area contributed by atoms with Gasteiger partial charge in [0.05, 0.1) is 42.8 Å². The summed E-state index contributed by atoms with van der Waals surface area (Å²) in [5.41, 5.74) is -2.12.